The van der Waals surface area contributed by atoms with Crippen LogP contribution in [-0.4, -0.2) is 17.8 Å². The van der Waals surface area contributed by atoms with E-state index >= 15 is 0 Å². The lowest BCUT2D eigenvalue weighted by molar-refractivity contribution is 0.145. The van der Waals surface area contributed by atoms with Gasteiger partial charge in [-0.25, -0.2) is 4.79 Å². The van der Waals surface area contributed by atoms with Gasteiger partial charge in [0, 0.05) is 6.54 Å². The first-order valence-electron chi connectivity index (χ1n) is 5.48. The smallest absolute Gasteiger partial charge is 0.413 e. The molecule has 1 amide bonds. The molecule has 0 bridgehead atoms. The van der Waals surface area contributed by atoms with E-state index in [-0.39, 0.29) is 6.61 Å². The topological polar surface area (TPSA) is 50.4 Å². The molecule has 0 saturated heterocycles. The highest BCUT2D eigenvalue weighted by atomic mass is 32.1. The highest BCUT2D eigenvalue weighted by Gasteiger charge is 2.04. The van der Waals surface area contributed by atoms with Gasteiger partial charge in [-0.05, 0) is 24.2 Å². The molecule has 2 N–H and O–H groups in total. The van der Waals surface area contributed by atoms with Crippen molar-refractivity contribution >= 4 is 23.4 Å². The van der Waals surface area contributed by atoms with E-state index < -0.39 is 6.09 Å². The molecule has 1 rings (SSSR count). The van der Waals surface area contributed by atoms with E-state index in [4.69, 9.17) is 17.0 Å². The molecule has 0 aliphatic carbocycles. The summed E-state index contributed by atoms with van der Waals surface area (Å²) in [5.74, 6) is 0. The van der Waals surface area contributed by atoms with Crippen LogP contribution in [0.4, 0.5) is 4.79 Å². The summed E-state index contributed by atoms with van der Waals surface area (Å²) >= 11 is 4.90. The van der Waals surface area contributed by atoms with Crippen molar-refractivity contribution in [3.63, 3.8) is 0 Å². The minimum Gasteiger partial charge on any atom is -0.444 e. The van der Waals surface area contributed by atoms with Crippen LogP contribution in [0.3, 0.4) is 0 Å². The number of alkyl carbamates (subject to hydrolysis) is 1. The highest BCUT2D eigenvalue weighted by Crippen LogP contribution is 2.00. The number of amides is 1. The molecule has 0 heterocycles. The van der Waals surface area contributed by atoms with Crippen molar-refractivity contribution in [3.05, 3.63) is 35.9 Å². The van der Waals surface area contributed by atoms with Gasteiger partial charge in [-0.3, -0.25) is 5.32 Å². The second-order valence-corrected chi connectivity index (χ2v) is 3.85. The molecule has 0 saturated carbocycles. The average molecular weight is 252 g/mol. The lowest BCUT2D eigenvalue weighted by Gasteiger charge is -2.09. The summed E-state index contributed by atoms with van der Waals surface area (Å²) in [6.07, 6.45) is 0.406. The Labute approximate surface area is 106 Å². The van der Waals surface area contributed by atoms with Gasteiger partial charge in [-0.2, -0.15) is 0 Å². The maximum Gasteiger partial charge on any atom is 0.413 e. The minimum atomic E-state index is -0.539. The van der Waals surface area contributed by atoms with Crippen LogP contribution in [0.5, 0.6) is 0 Å². The van der Waals surface area contributed by atoms with Crippen molar-refractivity contribution in [1.82, 2.24) is 10.6 Å². The number of rotatable bonds is 4. The van der Waals surface area contributed by atoms with Gasteiger partial charge < -0.3 is 10.1 Å². The van der Waals surface area contributed by atoms with Crippen LogP contribution in [-0.2, 0) is 11.3 Å². The number of hydrogen-bond donors (Lipinski definition) is 2. The van der Waals surface area contributed by atoms with Crippen molar-refractivity contribution in [3.8, 4) is 0 Å². The van der Waals surface area contributed by atoms with Gasteiger partial charge in [0.2, 0.25) is 0 Å². The van der Waals surface area contributed by atoms with Crippen LogP contribution in [0.2, 0.25) is 0 Å². The molecule has 92 valence electrons. The van der Waals surface area contributed by atoms with Gasteiger partial charge in [0.15, 0.2) is 5.11 Å². The normalized spacial score (nSPS) is 9.47. The molecule has 5 heteroatoms. The number of thiocarbonyl (C=S) groups is 1. The van der Waals surface area contributed by atoms with Gasteiger partial charge in [-0.1, -0.05) is 37.3 Å². The number of ether oxygens (including phenoxy) is 1. The SMILES string of the molecule is CCCNC(=S)NC(=O)OCc1ccccc1. The lowest BCUT2D eigenvalue weighted by atomic mass is 10.2. The van der Waals surface area contributed by atoms with Crippen LogP contribution < -0.4 is 10.6 Å². The van der Waals surface area contributed by atoms with Crippen molar-refractivity contribution in [2.24, 2.45) is 0 Å². The Bertz CT molecular complexity index is 368. The zero-order valence-corrected chi connectivity index (χ0v) is 10.5. The summed E-state index contributed by atoms with van der Waals surface area (Å²) in [4.78, 5) is 11.3. The van der Waals surface area contributed by atoms with E-state index in [0.29, 0.717) is 5.11 Å². The third-order valence-electron chi connectivity index (χ3n) is 1.96. The van der Waals surface area contributed by atoms with Crippen LogP contribution in [0, 0.1) is 0 Å². The average Bonchev–Trinajstić information content (AvgIpc) is 2.35. The predicted octanol–water partition coefficient (Wildman–Crippen LogP) is 2.20. The van der Waals surface area contributed by atoms with Crippen molar-refractivity contribution in [2.45, 2.75) is 20.0 Å². The molecule has 4 nitrogen and oxygen atoms in total. The molecule has 0 aromatic heterocycles. The van der Waals surface area contributed by atoms with Gasteiger partial charge in [-0.15, -0.1) is 0 Å². The molecule has 0 unspecified atom stereocenters. The summed E-state index contributed by atoms with van der Waals surface area (Å²) in [5.41, 5.74) is 0.940. The molecule has 0 spiro atoms. The van der Waals surface area contributed by atoms with Gasteiger partial charge >= 0.3 is 6.09 Å². The van der Waals surface area contributed by atoms with Crippen LogP contribution in [0.1, 0.15) is 18.9 Å². The molecule has 0 fully saturated rings. The Morgan fingerprint density at radius 2 is 2.06 bits per heavy atom. The van der Waals surface area contributed by atoms with Crippen molar-refractivity contribution in [2.75, 3.05) is 6.54 Å². The van der Waals surface area contributed by atoms with E-state index in [1.807, 2.05) is 37.3 Å². The lowest BCUT2D eigenvalue weighted by Crippen LogP contribution is -2.39. The first-order valence-corrected chi connectivity index (χ1v) is 5.88. The Balaban J connectivity index is 2.24. The molecule has 0 radical (unpaired) electrons. The molecule has 0 aliphatic heterocycles. The maximum absolute atomic E-state index is 11.3. The molecular weight excluding hydrogens is 236 g/mol. The Morgan fingerprint density at radius 3 is 2.71 bits per heavy atom. The van der Waals surface area contributed by atoms with E-state index in [1.54, 1.807) is 0 Å². The standard InChI is InChI=1S/C12H16N2O2S/c1-2-8-13-11(17)14-12(15)16-9-10-6-4-3-5-7-10/h3-7H,2,8-9H2,1H3,(H2,13,14,15,17). The minimum absolute atomic E-state index is 0.239. The van der Waals surface area contributed by atoms with E-state index in [9.17, 15) is 4.79 Å². The van der Waals surface area contributed by atoms with Gasteiger partial charge in [0.1, 0.15) is 6.61 Å². The quantitative estimate of drug-likeness (QED) is 0.807. The number of carbonyl (C=O) groups excluding carboxylic acids is 1. The number of benzene rings is 1. The van der Waals surface area contributed by atoms with E-state index in [1.165, 1.54) is 0 Å². The largest absolute Gasteiger partial charge is 0.444 e. The Kier molecular flexibility index (Phi) is 6.03. The van der Waals surface area contributed by atoms with Crippen LogP contribution >= 0.6 is 12.2 Å². The molecule has 0 aliphatic rings. The van der Waals surface area contributed by atoms with Gasteiger partial charge in [0.25, 0.3) is 0 Å². The summed E-state index contributed by atoms with van der Waals surface area (Å²) in [7, 11) is 0. The number of hydrogen-bond acceptors (Lipinski definition) is 3. The summed E-state index contributed by atoms with van der Waals surface area (Å²) < 4.78 is 5.00. The summed E-state index contributed by atoms with van der Waals surface area (Å²) in [6, 6.07) is 9.48. The highest BCUT2D eigenvalue weighted by molar-refractivity contribution is 7.80. The summed E-state index contributed by atoms with van der Waals surface area (Å²) in [6.45, 7) is 2.99. The monoisotopic (exact) mass is 252 g/mol. The zero-order chi connectivity index (χ0) is 12.5. The van der Waals surface area contributed by atoms with Gasteiger partial charge in [0.05, 0.1) is 0 Å². The summed E-state index contributed by atoms with van der Waals surface area (Å²) in [5, 5.41) is 5.62. The van der Waals surface area contributed by atoms with Crippen LogP contribution in [0.15, 0.2) is 30.3 Å². The molecule has 1 aromatic rings. The first-order chi connectivity index (χ1) is 8.22. The predicted molar refractivity (Wildman–Crippen MR) is 70.7 cm³/mol. The maximum atomic E-state index is 11.3. The first kappa shape index (κ1) is 13.4. The molecule has 1 aromatic carbocycles. The van der Waals surface area contributed by atoms with E-state index in [0.717, 1.165) is 18.5 Å². The zero-order valence-electron chi connectivity index (χ0n) is 9.73. The van der Waals surface area contributed by atoms with E-state index in [2.05, 4.69) is 10.6 Å². The number of carbonyl (C=O) groups is 1. The second kappa shape index (κ2) is 7.62. The third-order valence-corrected chi connectivity index (χ3v) is 2.21. The fourth-order valence-electron chi connectivity index (χ4n) is 1.13. The molecule has 0 atom stereocenters. The third kappa shape index (κ3) is 5.87. The van der Waals surface area contributed by atoms with Crippen molar-refractivity contribution in [1.29, 1.82) is 0 Å². The van der Waals surface area contributed by atoms with Crippen molar-refractivity contribution < 1.29 is 9.53 Å². The Hall–Kier alpha value is -1.62. The second-order valence-electron chi connectivity index (χ2n) is 3.44. The fourth-order valence-corrected chi connectivity index (χ4v) is 1.32. The number of nitrogens with one attached hydrogen (secondary N) is 2. The Morgan fingerprint density at radius 1 is 1.35 bits per heavy atom. The van der Waals surface area contributed by atoms with Crippen LogP contribution in [0.25, 0.3) is 0 Å². The molecule has 17 heavy (non-hydrogen) atoms. The fraction of sp³-hybridized carbons (Fsp3) is 0.333. The molecular formula is C12H16N2O2S.